The van der Waals surface area contributed by atoms with E-state index in [-0.39, 0.29) is 5.56 Å². The Labute approximate surface area is 124 Å². The van der Waals surface area contributed by atoms with E-state index < -0.39 is 5.82 Å². The number of para-hydroxylation sites is 1. The quantitative estimate of drug-likeness (QED) is 0.585. The van der Waals surface area contributed by atoms with Gasteiger partial charge in [-0.2, -0.15) is 0 Å². The molecule has 0 aliphatic rings. The molecule has 0 spiro atoms. The number of nitrogens with one attached hydrogen (secondary N) is 1. The van der Waals surface area contributed by atoms with Crippen LogP contribution in [0.5, 0.6) is 0 Å². The van der Waals surface area contributed by atoms with Crippen LogP contribution in [0.4, 0.5) is 4.39 Å². The van der Waals surface area contributed by atoms with E-state index in [4.69, 9.17) is 0 Å². The van der Waals surface area contributed by atoms with Crippen LogP contribution in [-0.2, 0) is 0 Å². The lowest BCUT2D eigenvalue weighted by Crippen LogP contribution is -2.10. The number of fused-ring (bicyclic) bond motifs is 2. The standard InChI is InChI=1S/C17H10FN3O/c18-11-6-7-12-15(9-11)20-16(21-17(12)22)14-8-5-10-3-1-2-4-13(10)19-14/h1-9H,(H,20,21,22). The molecule has 0 saturated heterocycles. The van der Waals surface area contributed by atoms with Gasteiger partial charge in [-0.15, -0.1) is 0 Å². The van der Waals surface area contributed by atoms with Gasteiger partial charge in [0.15, 0.2) is 5.82 Å². The summed E-state index contributed by atoms with van der Waals surface area (Å²) in [4.78, 5) is 23.6. The fraction of sp³-hybridized carbons (Fsp3) is 0. The van der Waals surface area contributed by atoms with E-state index in [0.717, 1.165) is 10.9 Å². The van der Waals surface area contributed by atoms with Gasteiger partial charge < -0.3 is 4.98 Å². The van der Waals surface area contributed by atoms with Crippen LogP contribution < -0.4 is 5.56 Å². The third kappa shape index (κ3) is 2.03. The van der Waals surface area contributed by atoms with Crippen molar-refractivity contribution in [3.05, 3.63) is 70.8 Å². The van der Waals surface area contributed by atoms with Crippen molar-refractivity contribution >= 4 is 21.8 Å². The molecule has 0 bridgehead atoms. The molecule has 4 aromatic rings. The first-order valence-electron chi connectivity index (χ1n) is 6.76. The number of benzene rings is 2. The maximum absolute atomic E-state index is 13.3. The summed E-state index contributed by atoms with van der Waals surface area (Å²) in [7, 11) is 0. The van der Waals surface area contributed by atoms with E-state index in [9.17, 15) is 9.18 Å². The maximum atomic E-state index is 13.3. The van der Waals surface area contributed by atoms with Gasteiger partial charge in [0, 0.05) is 11.5 Å². The van der Waals surface area contributed by atoms with Crippen molar-refractivity contribution in [3.8, 4) is 11.5 Å². The summed E-state index contributed by atoms with van der Waals surface area (Å²) in [6, 6.07) is 15.3. The van der Waals surface area contributed by atoms with Gasteiger partial charge in [-0.25, -0.2) is 14.4 Å². The highest BCUT2D eigenvalue weighted by atomic mass is 19.1. The molecule has 4 rings (SSSR count). The van der Waals surface area contributed by atoms with Crippen molar-refractivity contribution in [1.82, 2.24) is 15.0 Å². The molecule has 0 aliphatic carbocycles. The second-order valence-electron chi connectivity index (χ2n) is 4.97. The summed E-state index contributed by atoms with van der Waals surface area (Å²) >= 11 is 0. The third-order valence-electron chi connectivity index (χ3n) is 3.51. The zero-order valence-corrected chi connectivity index (χ0v) is 11.4. The van der Waals surface area contributed by atoms with Crippen LogP contribution in [0.25, 0.3) is 33.3 Å². The molecule has 4 nitrogen and oxygen atoms in total. The largest absolute Gasteiger partial charge is 0.305 e. The van der Waals surface area contributed by atoms with Gasteiger partial charge in [0.1, 0.15) is 11.5 Å². The van der Waals surface area contributed by atoms with E-state index in [1.807, 2.05) is 30.3 Å². The molecule has 2 aromatic carbocycles. The summed E-state index contributed by atoms with van der Waals surface area (Å²) in [6.45, 7) is 0. The van der Waals surface area contributed by atoms with Crippen molar-refractivity contribution in [2.24, 2.45) is 0 Å². The van der Waals surface area contributed by atoms with E-state index in [1.54, 1.807) is 6.07 Å². The fourth-order valence-electron chi connectivity index (χ4n) is 2.43. The Bertz CT molecular complexity index is 1070. The van der Waals surface area contributed by atoms with E-state index in [2.05, 4.69) is 15.0 Å². The average Bonchev–Trinajstić information content (AvgIpc) is 2.54. The SMILES string of the molecule is O=c1[nH]c(-c2ccc3ccccc3n2)nc2cc(F)ccc12. The lowest BCUT2D eigenvalue weighted by molar-refractivity contribution is 0.629. The van der Waals surface area contributed by atoms with Gasteiger partial charge in [-0.1, -0.05) is 24.3 Å². The lowest BCUT2D eigenvalue weighted by Gasteiger charge is -2.04. The minimum absolute atomic E-state index is 0.310. The predicted octanol–water partition coefficient (Wildman–Crippen LogP) is 3.28. The summed E-state index contributed by atoms with van der Waals surface area (Å²) < 4.78 is 13.3. The van der Waals surface area contributed by atoms with Crippen molar-refractivity contribution in [2.75, 3.05) is 0 Å². The lowest BCUT2D eigenvalue weighted by atomic mass is 10.2. The third-order valence-corrected chi connectivity index (χ3v) is 3.51. The fourth-order valence-corrected chi connectivity index (χ4v) is 2.43. The Hall–Kier alpha value is -3.08. The average molecular weight is 291 g/mol. The van der Waals surface area contributed by atoms with Crippen molar-refractivity contribution < 1.29 is 4.39 Å². The second-order valence-corrected chi connectivity index (χ2v) is 4.97. The number of hydrogen-bond acceptors (Lipinski definition) is 3. The van der Waals surface area contributed by atoms with Crippen molar-refractivity contribution in [1.29, 1.82) is 0 Å². The molecular formula is C17H10FN3O. The maximum Gasteiger partial charge on any atom is 0.259 e. The molecule has 0 radical (unpaired) electrons. The van der Waals surface area contributed by atoms with E-state index in [0.29, 0.717) is 22.4 Å². The molecular weight excluding hydrogens is 281 g/mol. The summed E-state index contributed by atoms with van der Waals surface area (Å²) in [5, 5.41) is 1.35. The summed E-state index contributed by atoms with van der Waals surface area (Å²) in [5.41, 5.74) is 1.35. The predicted molar refractivity (Wildman–Crippen MR) is 83.1 cm³/mol. The molecule has 5 heteroatoms. The first kappa shape index (κ1) is 12.6. The molecule has 106 valence electrons. The van der Waals surface area contributed by atoms with Gasteiger partial charge in [-0.3, -0.25) is 4.79 Å². The minimum atomic E-state index is -0.428. The van der Waals surface area contributed by atoms with Crippen LogP contribution in [-0.4, -0.2) is 15.0 Å². The number of aromatic nitrogens is 3. The molecule has 0 amide bonds. The minimum Gasteiger partial charge on any atom is -0.305 e. The highest BCUT2D eigenvalue weighted by Gasteiger charge is 2.08. The normalized spacial score (nSPS) is 11.1. The molecule has 0 aliphatic heterocycles. The molecule has 0 atom stereocenters. The smallest absolute Gasteiger partial charge is 0.259 e. The van der Waals surface area contributed by atoms with Crippen LogP contribution in [0.15, 0.2) is 59.4 Å². The van der Waals surface area contributed by atoms with Crippen LogP contribution in [0, 0.1) is 5.82 Å². The number of halogens is 1. The Morgan fingerprint density at radius 1 is 0.909 bits per heavy atom. The van der Waals surface area contributed by atoms with Gasteiger partial charge in [0.2, 0.25) is 0 Å². The Balaban J connectivity index is 1.97. The number of hydrogen-bond donors (Lipinski definition) is 1. The molecule has 2 heterocycles. The summed E-state index contributed by atoms with van der Waals surface area (Å²) in [5.74, 6) is -0.100. The second kappa shape index (κ2) is 4.73. The van der Waals surface area contributed by atoms with Gasteiger partial charge in [0.05, 0.1) is 16.4 Å². The Kier molecular flexibility index (Phi) is 2.72. The van der Waals surface area contributed by atoms with Gasteiger partial charge in [0.25, 0.3) is 5.56 Å². The highest BCUT2D eigenvalue weighted by Crippen LogP contribution is 2.19. The molecule has 0 fully saturated rings. The number of H-pyrrole nitrogens is 1. The first-order valence-corrected chi connectivity index (χ1v) is 6.76. The van der Waals surface area contributed by atoms with Crippen molar-refractivity contribution in [3.63, 3.8) is 0 Å². The topological polar surface area (TPSA) is 58.6 Å². The van der Waals surface area contributed by atoms with Crippen LogP contribution in [0.2, 0.25) is 0 Å². The summed E-state index contributed by atoms with van der Waals surface area (Å²) in [6.07, 6.45) is 0. The number of rotatable bonds is 1. The number of aromatic amines is 1. The zero-order valence-electron chi connectivity index (χ0n) is 11.4. The van der Waals surface area contributed by atoms with E-state index >= 15 is 0 Å². The molecule has 22 heavy (non-hydrogen) atoms. The van der Waals surface area contributed by atoms with E-state index in [1.165, 1.54) is 18.2 Å². The molecule has 0 saturated carbocycles. The zero-order chi connectivity index (χ0) is 15.1. The molecule has 2 aromatic heterocycles. The molecule has 0 unspecified atom stereocenters. The Morgan fingerprint density at radius 2 is 1.77 bits per heavy atom. The Morgan fingerprint density at radius 3 is 2.68 bits per heavy atom. The monoisotopic (exact) mass is 291 g/mol. The molecule has 1 N–H and O–H groups in total. The van der Waals surface area contributed by atoms with Crippen LogP contribution in [0.3, 0.4) is 0 Å². The van der Waals surface area contributed by atoms with Crippen molar-refractivity contribution in [2.45, 2.75) is 0 Å². The van der Waals surface area contributed by atoms with Crippen LogP contribution in [0.1, 0.15) is 0 Å². The number of nitrogens with zero attached hydrogens (tertiary/aromatic N) is 2. The highest BCUT2D eigenvalue weighted by molar-refractivity contribution is 5.82. The number of pyridine rings is 1. The van der Waals surface area contributed by atoms with Gasteiger partial charge >= 0.3 is 0 Å². The van der Waals surface area contributed by atoms with Crippen LogP contribution >= 0.6 is 0 Å². The first-order chi connectivity index (χ1) is 10.7. The van der Waals surface area contributed by atoms with Gasteiger partial charge in [-0.05, 0) is 24.3 Å².